The molecule has 1 aromatic heterocycles. The predicted octanol–water partition coefficient (Wildman–Crippen LogP) is 5.35. The van der Waals surface area contributed by atoms with Gasteiger partial charge in [-0.3, -0.25) is 4.79 Å². The van der Waals surface area contributed by atoms with Crippen molar-refractivity contribution in [3.05, 3.63) is 90.1 Å². The lowest BCUT2D eigenvalue weighted by atomic mass is 10.1. The summed E-state index contributed by atoms with van der Waals surface area (Å²) < 4.78 is 28.3. The second kappa shape index (κ2) is 13.2. The number of piperazine rings is 1. The molecule has 4 N–H and O–H groups in total. The first-order valence-electron chi connectivity index (χ1n) is 14.8. The van der Waals surface area contributed by atoms with Gasteiger partial charge in [0.2, 0.25) is 16.0 Å². The molecule has 45 heavy (non-hydrogen) atoms. The zero-order valence-electron chi connectivity index (χ0n) is 26.3. The Hall–Kier alpha value is -4.52. The van der Waals surface area contributed by atoms with Gasteiger partial charge in [0.25, 0.3) is 5.91 Å². The average molecular weight is 629 g/mol. The minimum atomic E-state index is -3.69. The summed E-state index contributed by atoms with van der Waals surface area (Å²) in [5, 5.41) is 9.34. The minimum Gasteiger partial charge on any atom is -0.369 e. The van der Waals surface area contributed by atoms with Crippen molar-refractivity contribution in [2.24, 2.45) is 0 Å². The zero-order chi connectivity index (χ0) is 32.2. The van der Waals surface area contributed by atoms with Gasteiger partial charge >= 0.3 is 0 Å². The number of sulfonamides is 1. The number of nitrogens with one attached hydrogen (secondary N) is 4. The van der Waals surface area contributed by atoms with E-state index in [1.165, 1.54) is 0 Å². The largest absolute Gasteiger partial charge is 0.369 e. The van der Waals surface area contributed by atoms with Crippen LogP contribution in [-0.2, 0) is 10.0 Å². The van der Waals surface area contributed by atoms with Gasteiger partial charge in [0.05, 0.1) is 4.90 Å². The van der Waals surface area contributed by atoms with E-state index in [0.717, 1.165) is 43.1 Å². The Morgan fingerprint density at radius 3 is 2.18 bits per heavy atom. The van der Waals surface area contributed by atoms with Crippen molar-refractivity contribution >= 4 is 50.4 Å². The molecule has 11 nitrogen and oxygen atoms in total. The number of aromatic nitrogens is 2. The maximum absolute atomic E-state index is 12.9. The molecule has 0 unspecified atom stereocenters. The van der Waals surface area contributed by atoms with Crippen LogP contribution >= 0.6 is 0 Å². The number of carbonyl (C=O) groups is 1. The third-order valence-electron chi connectivity index (χ3n) is 7.22. The fraction of sp³-hybridized carbons (Fsp3) is 0.303. The normalized spacial score (nSPS) is 14.2. The molecule has 0 aliphatic carbocycles. The Labute approximate surface area is 265 Å². The first-order chi connectivity index (χ1) is 21.3. The standard InChI is InChI=1S/C33H40N8O3S/c1-23-22-34-32(38-30(23)35-27-7-6-8-29(21-27)45(43,44)39-33(2,3)4)37-26-11-9-24(10-12-26)31(42)36-25-13-15-28(16-14-25)41-19-17-40(5)18-20-41/h6-16,21-22,39H,17-20H2,1-5H3,(H,36,42)(H2,34,35,37,38). The lowest BCUT2D eigenvalue weighted by molar-refractivity contribution is 0.102. The lowest BCUT2D eigenvalue weighted by Crippen LogP contribution is -2.44. The van der Waals surface area contributed by atoms with E-state index < -0.39 is 15.6 Å². The van der Waals surface area contributed by atoms with Gasteiger partial charge in [0, 0.05) is 71.8 Å². The highest BCUT2D eigenvalue weighted by Crippen LogP contribution is 2.24. The second-order valence-corrected chi connectivity index (χ2v) is 13.9. The summed E-state index contributed by atoms with van der Waals surface area (Å²) >= 11 is 0. The monoisotopic (exact) mass is 628 g/mol. The van der Waals surface area contributed by atoms with E-state index in [2.05, 4.69) is 47.5 Å². The molecule has 1 fully saturated rings. The molecule has 3 aromatic carbocycles. The highest BCUT2D eigenvalue weighted by molar-refractivity contribution is 7.89. The average Bonchev–Trinajstić information content (AvgIpc) is 2.99. The van der Waals surface area contributed by atoms with Gasteiger partial charge in [-0.2, -0.15) is 4.98 Å². The highest BCUT2D eigenvalue weighted by atomic mass is 32.2. The molecular formula is C33H40N8O3S. The van der Waals surface area contributed by atoms with Crippen LogP contribution in [0.3, 0.4) is 0 Å². The summed E-state index contributed by atoms with van der Waals surface area (Å²) in [6, 6.07) is 21.6. The third kappa shape index (κ3) is 8.56. The molecule has 2 heterocycles. The van der Waals surface area contributed by atoms with E-state index in [4.69, 9.17) is 0 Å². The summed E-state index contributed by atoms with van der Waals surface area (Å²) in [6.07, 6.45) is 1.68. The predicted molar refractivity (Wildman–Crippen MR) is 180 cm³/mol. The zero-order valence-corrected chi connectivity index (χ0v) is 27.1. The van der Waals surface area contributed by atoms with Crippen LogP contribution in [0.15, 0.2) is 83.9 Å². The van der Waals surface area contributed by atoms with Gasteiger partial charge < -0.3 is 25.8 Å². The van der Waals surface area contributed by atoms with Gasteiger partial charge in [-0.15, -0.1) is 0 Å². The van der Waals surface area contributed by atoms with Crippen LogP contribution in [0.5, 0.6) is 0 Å². The summed E-state index contributed by atoms with van der Waals surface area (Å²) in [5.41, 5.74) is 3.87. The highest BCUT2D eigenvalue weighted by Gasteiger charge is 2.22. The first kappa shape index (κ1) is 31.9. The first-order valence-corrected chi connectivity index (χ1v) is 16.3. The van der Waals surface area contributed by atoms with E-state index in [-0.39, 0.29) is 10.8 Å². The van der Waals surface area contributed by atoms with E-state index in [1.807, 2.05) is 31.2 Å². The second-order valence-electron chi connectivity index (χ2n) is 12.2. The van der Waals surface area contributed by atoms with Crippen molar-refractivity contribution in [1.82, 2.24) is 19.6 Å². The SMILES string of the molecule is Cc1cnc(Nc2ccc(C(=O)Nc3ccc(N4CCN(C)CC4)cc3)cc2)nc1Nc1cccc(S(=O)(=O)NC(C)(C)C)c1. The molecule has 0 spiro atoms. The maximum atomic E-state index is 12.9. The Morgan fingerprint density at radius 2 is 1.51 bits per heavy atom. The fourth-order valence-electron chi connectivity index (χ4n) is 4.83. The van der Waals surface area contributed by atoms with Gasteiger partial charge in [0.1, 0.15) is 5.82 Å². The third-order valence-corrected chi connectivity index (χ3v) is 8.97. The number of likely N-dealkylation sites (N-methyl/N-ethyl adjacent to an activating group) is 1. The van der Waals surface area contributed by atoms with E-state index in [0.29, 0.717) is 28.7 Å². The Morgan fingerprint density at radius 1 is 0.844 bits per heavy atom. The molecule has 5 rings (SSSR count). The van der Waals surface area contributed by atoms with Crippen molar-refractivity contribution in [2.75, 3.05) is 54.1 Å². The number of amides is 1. The molecule has 12 heteroatoms. The van der Waals surface area contributed by atoms with Crippen molar-refractivity contribution in [2.45, 2.75) is 38.1 Å². The molecule has 0 bridgehead atoms. The van der Waals surface area contributed by atoms with Gasteiger partial charge in [0.15, 0.2) is 0 Å². The molecule has 1 amide bonds. The van der Waals surface area contributed by atoms with Crippen LogP contribution in [0.4, 0.5) is 34.5 Å². The van der Waals surface area contributed by atoms with E-state index in [9.17, 15) is 13.2 Å². The smallest absolute Gasteiger partial charge is 0.255 e. The number of rotatable bonds is 9. The van der Waals surface area contributed by atoms with E-state index in [1.54, 1.807) is 75.5 Å². The summed E-state index contributed by atoms with van der Waals surface area (Å²) in [7, 11) is -1.56. The van der Waals surface area contributed by atoms with Gasteiger partial charge in [-0.05, 0) is 101 Å². The molecule has 1 aliphatic rings. The molecule has 0 radical (unpaired) electrons. The number of hydrogen-bond acceptors (Lipinski definition) is 9. The Kier molecular flexibility index (Phi) is 9.37. The quantitative estimate of drug-likeness (QED) is 0.194. The van der Waals surface area contributed by atoms with Crippen molar-refractivity contribution in [1.29, 1.82) is 0 Å². The van der Waals surface area contributed by atoms with Crippen LogP contribution in [0.2, 0.25) is 0 Å². The van der Waals surface area contributed by atoms with Crippen LogP contribution in [0.1, 0.15) is 36.7 Å². The lowest BCUT2D eigenvalue weighted by Gasteiger charge is -2.34. The van der Waals surface area contributed by atoms with Crippen molar-refractivity contribution < 1.29 is 13.2 Å². The summed E-state index contributed by atoms with van der Waals surface area (Å²) in [5.74, 6) is 0.674. The number of nitrogens with zero attached hydrogens (tertiary/aromatic N) is 4. The Balaban J connectivity index is 1.21. The number of aryl methyl sites for hydroxylation is 1. The van der Waals surface area contributed by atoms with Crippen molar-refractivity contribution in [3.8, 4) is 0 Å². The molecule has 1 aliphatic heterocycles. The molecule has 0 atom stereocenters. The number of hydrogen-bond donors (Lipinski definition) is 4. The molecule has 0 saturated carbocycles. The summed E-state index contributed by atoms with van der Waals surface area (Å²) in [4.78, 5) is 26.7. The molecular weight excluding hydrogens is 588 g/mol. The topological polar surface area (TPSA) is 132 Å². The van der Waals surface area contributed by atoms with Crippen LogP contribution in [0.25, 0.3) is 0 Å². The van der Waals surface area contributed by atoms with Gasteiger partial charge in [-0.25, -0.2) is 18.1 Å². The molecule has 1 saturated heterocycles. The van der Waals surface area contributed by atoms with Crippen LogP contribution in [0, 0.1) is 6.92 Å². The molecule has 4 aromatic rings. The minimum absolute atomic E-state index is 0.152. The van der Waals surface area contributed by atoms with Crippen molar-refractivity contribution in [3.63, 3.8) is 0 Å². The van der Waals surface area contributed by atoms with E-state index >= 15 is 0 Å². The number of anilines is 6. The number of carbonyl (C=O) groups excluding carboxylic acids is 1. The van der Waals surface area contributed by atoms with Crippen LogP contribution < -0.4 is 25.6 Å². The maximum Gasteiger partial charge on any atom is 0.255 e. The van der Waals surface area contributed by atoms with Gasteiger partial charge in [-0.1, -0.05) is 6.07 Å². The molecule has 236 valence electrons. The Bertz CT molecular complexity index is 1750. The van der Waals surface area contributed by atoms with Crippen LogP contribution in [-0.4, -0.2) is 68.0 Å². The number of benzene rings is 3. The summed E-state index contributed by atoms with van der Waals surface area (Å²) in [6.45, 7) is 11.3. The fourth-order valence-corrected chi connectivity index (χ4v) is 6.29.